The van der Waals surface area contributed by atoms with Crippen molar-refractivity contribution in [2.75, 3.05) is 40.9 Å². The Kier molecular flexibility index (Phi) is 12.5. The summed E-state index contributed by atoms with van der Waals surface area (Å²) in [5.74, 6) is -3.91. The van der Waals surface area contributed by atoms with Gasteiger partial charge in [0.15, 0.2) is 17.7 Å². The number of hydrogen-bond donors (Lipinski definition) is 3. The normalized spacial score (nSPS) is 20.0. The topological polar surface area (TPSA) is 141 Å². The van der Waals surface area contributed by atoms with Crippen LogP contribution in [0.2, 0.25) is 0 Å². The third-order valence-electron chi connectivity index (χ3n) is 5.36. The summed E-state index contributed by atoms with van der Waals surface area (Å²) in [7, 11) is 4.27. The zero-order chi connectivity index (χ0) is 27.4. The van der Waals surface area contributed by atoms with Crippen LogP contribution in [-0.4, -0.2) is 97.7 Å². The number of aldehydes is 1. The van der Waals surface area contributed by atoms with Gasteiger partial charge in [0.25, 0.3) is 5.91 Å². The Morgan fingerprint density at radius 1 is 1.25 bits per heavy atom. The van der Waals surface area contributed by atoms with Gasteiger partial charge in [-0.3, -0.25) is 24.2 Å². The molecule has 0 aliphatic carbocycles. The molecule has 1 aliphatic rings. The highest BCUT2D eigenvalue weighted by atomic mass is 19.1. The van der Waals surface area contributed by atoms with Gasteiger partial charge >= 0.3 is 11.8 Å². The molecule has 0 radical (unpaired) electrons. The molecule has 3 atom stereocenters. The van der Waals surface area contributed by atoms with Crippen LogP contribution in [0.4, 0.5) is 4.39 Å². The zero-order valence-electron chi connectivity index (χ0n) is 21.6. The first kappa shape index (κ1) is 30.5. The third-order valence-corrected chi connectivity index (χ3v) is 5.36. The maximum atomic E-state index is 13.3. The smallest absolute Gasteiger partial charge is 0.312 e. The molecule has 1 rings (SSSR count). The second kappa shape index (κ2) is 14.8. The number of halogens is 1. The van der Waals surface area contributed by atoms with Crippen molar-refractivity contribution in [1.29, 1.82) is 0 Å². The predicted molar refractivity (Wildman–Crippen MR) is 133 cm³/mol. The largest absolute Gasteiger partial charge is 0.503 e. The van der Waals surface area contributed by atoms with E-state index in [1.54, 1.807) is 19.9 Å². The van der Waals surface area contributed by atoms with Crippen LogP contribution in [0.3, 0.4) is 0 Å². The van der Waals surface area contributed by atoms with E-state index in [1.807, 2.05) is 6.92 Å². The lowest BCUT2D eigenvalue weighted by Crippen LogP contribution is -2.54. The summed E-state index contributed by atoms with van der Waals surface area (Å²) in [6, 6.07) is -1.24. The number of nitrogens with zero attached hydrogens (tertiary/aromatic N) is 3. The fourth-order valence-corrected chi connectivity index (χ4v) is 3.00. The second-order valence-corrected chi connectivity index (χ2v) is 8.47. The molecular weight excluding hydrogens is 473 g/mol. The number of carbonyl (C=O) groups excluding carboxylic acids is 4. The van der Waals surface area contributed by atoms with E-state index >= 15 is 0 Å². The summed E-state index contributed by atoms with van der Waals surface area (Å²) in [5.41, 5.74) is -0.485. The van der Waals surface area contributed by atoms with Gasteiger partial charge in [-0.05, 0) is 25.3 Å². The lowest BCUT2D eigenvalue weighted by Gasteiger charge is -2.29. The van der Waals surface area contributed by atoms with Crippen LogP contribution in [0.1, 0.15) is 27.2 Å². The van der Waals surface area contributed by atoms with Crippen molar-refractivity contribution in [3.05, 3.63) is 35.5 Å². The third kappa shape index (κ3) is 8.91. The fourth-order valence-electron chi connectivity index (χ4n) is 3.00. The average molecular weight is 510 g/mol. The number of allylic oxidation sites excluding steroid dienone is 4. The summed E-state index contributed by atoms with van der Waals surface area (Å²) >= 11 is 0. The van der Waals surface area contributed by atoms with Crippen LogP contribution in [0.5, 0.6) is 0 Å². The molecule has 0 spiro atoms. The number of likely N-dealkylation sites (N-methyl/N-ethyl adjacent to an activating group) is 2. The number of aliphatic imine (C=N–C) groups is 1. The molecule has 0 bridgehead atoms. The molecule has 0 aromatic carbocycles. The zero-order valence-corrected chi connectivity index (χ0v) is 21.6. The van der Waals surface area contributed by atoms with Crippen molar-refractivity contribution in [3.63, 3.8) is 0 Å². The number of ether oxygens (including phenoxy) is 1. The van der Waals surface area contributed by atoms with Gasteiger partial charge < -0.3 is 30.3 Å². The molecule has 3 amide bonds. The molecule has 0 saturated carbocycles. The van der Waals surface area contributed by atoms with E-state index in [-0.39, 0.29) is 43.8 Å². The van der Waals surface area contributed by atoms with Crippen molar-refractivity contribution >= 4 is 29.8 Å². The van der Waals surface area contributed by atoms with E-state index < -0.39 is 41.0 Å². The molecule has 1 heterocycles. The van der Waals surface area contributed by atoms with Gasteiger partial charge in [-0.1, -0.05) is 26.0 Å². The minimum absolute atomic E-state index is 0.0413. The van der Waals surface area contributed by atoms with Crippen molar-refractivity contribution in [1.82, 2.24) is 20.4 Å². The minimum Gasteiger partial charge on any atom is -0.503 e. The Morgan fingerprint density at radius 3 is 2.47 bits per heavy atom. The lowest BCUT2D eigenvalue weighted by molar-refractivity contribution is -0.150. The highest BCUT2D eigenvalue weighted by Gasteiger charge is 2.34. The summed E-state index contributed by atoms with van der Waals surface area (Å²) in [6.07, 6.45) is 4.79. The molecule has 0 fully saturated rings. The van der Waals surface area contributed by atoms with Gasteiger partial charge in [-0.2, -0.15) is 0 Å². The van der Waals surface area contributed by atoms with E-state index in [0.717, 1.165) is 9.80 Å². The summed E-state index contributed by atoms with van der Waals surface area (Å²) in [6.45, 7) is 5.44. The van der Waals surface area contributed by atoms with Gasteiger partial charge in [0, 0.05) is 27.7 Å². The van der Waals surface area contributed by atoms with Gasteiger partial charge in [-0.25, -0.2) is 4.39 Å². The van der Waals surface area contributed by atoms with Crippen molar-refractivity contribution < 1.29 is 33.4 Å². The van der Waals surface area contributed by atoms with Crippen molar-refractivity contribution in [2.24, 2.45) is 10.9 Å². The Balaban J connectivity index is 3.23. The van der Waals surface area contributed by atoms with E-state index in [9.17, 15) is 28.7 Å². The number of amidine groups is 1. The Morgan fingerprint density at radius 2 is 1.92 bits per heavy atom. The lowest BCUT2D eigenvalue weighted by atomic mass is 10.1. The van der Waals surface area contributed by atoms with E-state index in [2.05, 4.69) is 15.6 Å². The average Bonchev–Trinajstić information content (AvgIpc) is 3.08. The van der Waals surface area contributed by atoms with Crippen LogP contribution in [0.15, 0.2) is 40.5 Å². The number of hydrogen-bond acceptors (Lipinski definition) is 8. The van der Waals surface area contributed by atoms with Crippen LogP contribution in [0, 0.1) is 5.92 Å². The first-order chi connectivity index (χ1) is 17.0. The highest BCUT2D eigenvalue weighted by molar-refractivity contribution is 6.35. The monoisotopic (exact) mass is 509 g/mol. The Labute approximate surface area is 210 Å². The predicted octanol–water partition coefficient (Wildman–Crippen LogP) is 0.849. The maximum Gasteiger partial charge on any atom is 0.312 e. The van der Waals surface area contributed by atoms with Crippen molar-refractivity contribution in [3.8, 4) is 0 Å². The summed E-state index contributed by atoms with van der Waals surface area (Å²) in [4.78, 5) is 55.9. The Hall–Kier alpha value is -3.54. The summed E-state index contributed by atoms with van der Waals surface area (Å²) in [5, 5.41) is 15.4. The van der Waals surface area contributed by atoms with Gasteiger partial charge in [0.2, 0.25) is 0 Å². The fraction of sp³-hybridized carbons (Fsp3) is 0.542. The standard InChI is InChI=1S/C24H36FN5O6/c1-7-16(25)10-9-15(3)11-26-22(33)20(19(32)12-31)28-21-18(14-36-13-17(8-2)27-21)30(6)24(35)23(34)29(4)5/h7,9-10,12,15,17-18,32H,8,11,13-14H2,1-6H3,(H,26,33)(H,27,28)/b10-9-,16-7+,20-19+. The van der Waals surface area contributed by atoms with Crippen LogP contribution in [0.25, 0.3) is 0 Å². The van der Waals surface area contributed by atoms with Gasteiger partial charge in [-0.15, -0.1) is 0 Å². The molecule has 36 heavy (non-hydrogen) atoms. The molecule has 0 saturated heterocycles. The molecule has 0 aromatic heterocycles. The van der Waals surface area contributed by atoms with Crippen molar-refractivity contribution in [2.45, 2.75) is 39.3 Å². The number of amides is 3. The number of rotatable bonds is 9. The molecule has 3 unspecified atom stereocenters. The number of carbonyl (C=O) groups is 4. The van der Waals surface area contributed by atoms with Gasteiger partial charge in [0.1, 0.15) is 17.7 Å². The highest BCUT2D eigenvalue weighted by Crippen LogP contribution is 2.13. The number of nitrogens with one attached hydrogen (secondary N) is 2. The minimum atomic E-state index is -0.911. The van der Waals surface area contributed by atoms with E-state index in [1.165, 1.54) is 33.3 Å². The van der Waals surface area contributed by atoms with Crippen LogP contribution >= 0.6 is 0 Å². The van der Waals surface area contributed by atoms with Crippen LogP contribution in [-0.2, 0) is 23.9 Å². The van der Waals surface area contributed by atoms with E-state index in [4.69, 9.17) is 4.74 Å². The first-order valence-electron chi connectivity index (χ1n) is 11.5. The number of aliphatic hydroxyl groups is 1. The quantitative estimate of drug-likeness (QED) is 0.138. The number of aliphatic hydroxyl groups excluding tert-OH is 1. The van der Waals surface area contributed by atoms with Crippen LogP contribution < -0.4 is 10.6 Å². The molecule has 200 valence electrons. The maximum absolute atomic E-state index is 13.3. The van der Waals surface area contributed by atoms with E-state index in [0.29, 0.717) is 6.42 Å². The Bertz CT molecular complexity index is 943. The first-order valence-corrected chi connectivity index (χ1v) is 11.5. The SMILES string of the molecule is C/C=C(F)\C=C/C(C)CNC(=O)/C(NC1=NC(CC)COCC1N(C)C(=O)C(=O)N(C)C)=C(\O)C=O. The second-order valence-electron chi connectivity index (χ2n) is 8.47. The molecule has 0 aromatic rings. The van der Waals surface area contributed by atoms with Gasteiger partial charge in [0.05, 0.1) is 19.3 Å². The molecular formula is C24H36FN5O6. The molecule has 1 aliphatic heterocycles. The molecule has 12 heteroatoms. The molecule has 3 N–H and O–H groups in total. The summed E-state index contributed by atoms with van der Waals surface area (Å²) < 4.78 is 19.0. The molecule has 11 nitrogen and oxygen atoms in total.